The van der Waals surface area contributed by atoms with E-state index in [2.05, 4.69) is 15.5 Å². The minimum atomic E-state index is -4.64. The number of amides is 1. The van der Waals surface area contributed by atoms with Gasteiger partial charge in [-0.15, -0.1) is 0 Å². The van der Waals surface area contributed by atoms with Crippen LogP contribution in [0.25, 0.3) is 0 Å². The molecule has 0 bridgehead atoms. The zero-order valence-electron chi connectivity index (χ0n) is 12.1. The summed E-state index contributed by atoms with van der Waals surface area (Å²) in [5.74, 6) is -0.751. The van der Waals surface area contributed by atoms with Crippen LogP contribution in [0.1, 0.15) is 18.7 Å². The number of hydrogen-bond donors (Lipinski definition) is 1. The lowest BCUT2D eigenvalue weighted by molar-refractivity contribution is -0.143. The lowest BCUT2D eigenvalue weighted by Gasteiger charge is -2.12. The van der Waals surface area contributed by atoms with E-state index in [0.29, 0.717) is 10.7 Å². The molecule has 0 saturated carbocycles. The minimum absolute atomic E-state index is 0.0145. The van der Waals surface area contributed by atoms with Gasteiger partial charge in [-0.05, 0) is 13.0 Å². The van der Waals surface area contributed by atoms with Crippen molar-refractivity contribution in [2.45, 2.75) is 31.9 Å². The smallest absolute Gasteiger partial charge is 0.322 e. The molecule has 1 unspecified atom stereocenters. The summed E-state index contributed by atoms with van der Waals surface area (Å²) in [6.45, 7) is -0.0326. The van der Waals surface area contributed by atoms with Crippen LogP contribution in [0.4, 0.5) is 32.0 Å². The van der Waals surface area contributed by atoms with Gasteiger partial charge in [0.2, 0.25) is 5.91 Å². The summed E-state index contributed by atoms with van der Waals surface area (Å²) in [6, 6.07) is -0.391. The van der Waals surface area contributed by atoms with Crippen LogP contribution in [-0.2, 0) is 17.5 Å². The molecule has 0 spiro atoms. The molecule has 2 aromatic rings. The zero-order valence-corrected chi connectivity index (χ0v) is 12.1. The third kappa shape index (κ3) is 4.49. The van der Waals surface area contributed by atoms with Crippen molar-refractivity contribution in [1.82, 2.24) is 19.6 Å². The van der Waals surface area contributed by atoms with Crippen molar-refractivity contribution in [3.63, 3.8) is 0 Å². The van der Waals surface area contributed by atoms with Gasteiger partial charge in [0.25, 0.3) is 0 Å². The summed E-state index contributed by atoms with van der Waals surface area (Å²) >= 11 is 0. The van der Waals surface area contributed by atoms with Crippen molar-refractivity contribution in [2.75, 3.05) is 5.32 Å². The highest BCUT2D eigenvalue weighted by Crippen LogP contribution is 2.28. The van der Waals surface area contributed by atoms with Gasteiger partial charge in [-0.2, -0.15) is 36.5 Å². The summed E-state index contributed by atoms with van der Waals surface area (Å²) in [7, 11) is 0. The number of carbonyl (C=O) groups is 1. The predicted molar refractivity (Wildman–Crippen MR) is 68.9 cm³/mol. The number of anilines is 1. The molecular weight excluding hydrogens is 344 g/mol. The Hall–Kier alpha value is -2.53. The third-order valence-electron chi connectivity index (χ3n) is 2.92. The van der Waals surface area contributed by atoms with E-state index in [1.807, 2.05) is 0 Å². The van der Waals surface area contributed by atoms with Crippen LogP contribution in [0.15, 0.2) is 24.7 Å². The molecule has 1 amide bonds. The fourth-order valence-corrected chi connectivity index (χ4v) is 1.77. The minimum Gasteiger partial charge on any atom is -0.322 e. The van der Waals surface area contributed by atoms with Gasteiger partial charge in [-0.25, -0.2) is 0 Å². The molecule has 12 heteroatoms. The quantitative estimate of drug-likeness (QED) is 0.858. The molecule has 0 radical (unpaired) electrons. The van der Waals surface area contributed by atoms with Crippen molar-refractivity contribution in [3.05, 3.63) is 30.4 Å². The first-order chi connectivity index (χ1) is 11.0. The highest BCUT2D eigenvalue weighted by Gasteiger charge is 2.34. The molecule has 0 saturated heterocycles. The Balaban J connectivity index is 2.03. The summed E-state index contributed by atoms with van der Waals surface area (Å²) in [4.78, 5) is 12.0. The SMILES string of the molecule is CC(C(=O)Nc1cnn(CC(F)(F)F)c1)n1ccc(C(F)(F)F)n1. The second-order valence-electron chi connectivity index (χ2n) is 4.89. The topological polar surface area (TPSA) is 64.7 Å². The molecule has 2 rings (SSSR count). The Morgan fingerprint density at radius 2 is 1.96 bits per heavy atom. The van der Waals surface area contributed by atoms with Crippen LogP contribution in [0.3, 0.4) is 0 Å². The van der Waals surface area contributed by atoms with Crippen LogP contribution in [0.5, 0.6) is 0 Å². The van der Waals surface area contributed by atoms with Crippen molar-refractivity contribution >= 4 is 11.6 Å². The van der Waals surface area contributed by atoms with E-state index in [1.54, 1.807) is 0 Å². The number of nitrogens with one attached hydrogen (secondary N) is 1. The Morgan fingerprint density at radius 1 is 1.29 bits per heavy atom. The second kappa shape index (κ2) is 6.17. The van der Waals surface area contributed by atoms with Gasteiger partial charge in [0.1, 0.15) is 12.6 Å². The summed E-state index contributed by atoms with van der Waals surface area (Å²) < 4.78 is 75.4. The van der Waals surface area contributed by atoms with Gasteiger partial charge in [0, 0.05) is 12.4 Å². The number of aromatic nitrogens is 4. The molecular formula is C12H11F6N5O. The van der Waals surface area contributed by atoms with Gasteiger partial charge in [0.05, 0.1) is 11.9 Å². The number of alkyl halides is 6. The molecule has 2 aromatic heterocycles. The fraction of sp³-hybridized carbons (Fsp3) is 0.417. The monoisotopic (exact) mass is 355 g/mol. The number of rotatable bonds is 4. The Kier molecular flexibility index (Phi) is 4.58. The van der Waals surface area contributed by atoms with Crippen LogP contribution < -0.4 is 5.32 Å². The molecule has 24 heavy (non-hydrogen) atoms. The molecule has 1 atom stereocenters. The van der Waals surface area contributed by atoms with E-state index < -0.39 is 36.5 Å². The highest BCUT2D eigenvalue weighted by atomic mass is 19.4. The van der Waals surface area contributed by atoms with Crippen LogP contribution >= 0.6 is 0 Å². The van der Waals surface area contributed by atoms with Crippen molar-refractivity contribution in [2.24, 2.45) is 0 Å². The maximum atomic E-state index is 12.5. The molecule has 0 fully saturated rings. The number of halogens is 6. The summed E-state index contributed by atoms with van der Waals surface area (Å²) in [6.07, 6.45) is -6.16. The number of carbonyl (C=O) groups excluding carboxylic acids is 1. The first-order valence-electron chi connectivity index (χ1n) is 6.48. The highest BCUT2D eigenvalue weighted by molar-refractivity contribution is 5.93. The summed E-state index contributed by atoms with van der Waals surface area (Å²) in [5, 5.41) is 8.96. The Morgan fingerprint density at radius 3 is 2.50 bits per heavy atom. The first-order valence-corrected chi connectivity index (χ1v) is 6.48. The maximum Gasteiger partial charge on any atom is 0.435 e. The largest absolute Gasteiger partial charge is 0.435 e. The first kappa shape index (κ1) is 17.8. The van der Waals surface area contributed by atoms with Gasteiger partial charge < -0.3 is 5.32 Å². The van der Waals surface area contributed by atoms with E-state index in [0.717, 1.165) is 23.3 Å². The average molecular weight is 355 g/mol. The van der Waals surface area contributed by atoms with Gasteiger partial charge in [-0.1, -0.05) is 0 Å². The van der Waals surface area contributed by atoms with Crippen molar-refractivity contribution in [1.29, 1.82) is 0 Å². The molecule has 6 nitrogen and oxygen atoms in total. The lowest BCUT2D eigenvalue weighted by atomic mass is 10.3. The van der Waals surface area contributed by atoms with E-state index in [1.165, 1.54) is 6.92 Å². The van der Waals surface area contributed by atoms with E-state index >= 15 is 0 Å². The fourth-order valence-electron chi connectivity index (χ4n) is 1.77. The van der Waals surface area contributed by atoms with Gasteiger partial charge in [0.15, 0.2) is 5.69 Å². The zero-order chi connectivity index (χ0) is 18.1. The van der Waals surface area contributed by atoms with E-state index in [4.69, 9.17) is 0 Å². The standard InChI is InChI=1S/C12H11F6N5O/c1-7(23-3-2-9(21-23)12(16,17)18)10(24)20-8-4-19-22(5-8)6-11(13,14)15/h2-5,7H,6H2,1H3,(H,20,24). The predicted octanol–water partition coefficient (Wildman–Crippen LogP) is 2.86. The molecule has 0 aliphatic rings. The average Bonchev–Trinajstić information content (AvgIpc) is 3.04. The molecule has 0 aliphatic heterocycles. The third-order valence-corrected chi connectivity index (χ3v) is 2.92. The van der Waals surface area contributed by atoms with Crippen LogP contribution in [0, 0.1) is 0 Å². The second-order valence-corrected chi connectivity index (χ2v) is 4.89. The van der Waals surface area contributed by atoms with Crippen molar-refractivity contribution < 1.29 is 31.1 Å². The van der Waals surface area contributed by atoms with Crippen LogP contribution in [-0.4, -0.2) is 31.6 Å². The molecule has 1 N–H and O–H groups in total. The lowest BCUT2D eigenvalue weighted by Crippen LogP contribution is -2.24. The van der Waals surface area contributed by atoms with E-state index in [-0.39, 0.29) is 5.69 Å². The van der Waals surface area contributed by atoms with Crippen LogP contribution in [0.2, 0.25) is 0 Å². The van der Waals surface area contributed by atoms with Gasteiger partial charge >= 0.3 is 12.4 Å². The molecule has 0 aliphatic carbocycles. The normalized spacial score (nSPS) is 13.8. The Bertz CT molecular complexity index is 716. The maximum absolute atomic E-state index is 12.5. The molecule has 132 valence electrons. The van der Waals surface area contributed by atoms with Gasteiger partial charge in [-0.3, -0.25) is 14.2 Å². The number of hydrogen-bond acceptors (Lipinski definition) is 3. The van der Waals surface area contributed by atoms with Crippen molar-refractivity contribution in [3.8, 4) is 0 Å². The number of nitrogens with zero attached hydrogens (tertiary/aromatic N) is 4. The molecule has 0 aromatic carbocycles. The Labute approximate surface area is 131 Å². The van der Waals surface area contributed by atoms with E-state index in [9.17, 15) is 31.1 Å². The summed E-state index contributed by atoms with van der Waals surface area (Å²) in [5.41, 5.74) is -1.17. The molecule has 2 heterocycles.